The van der Waals surface area contributed by atoms with Crippen LogP contribution in [0, 0.1) is 0 Å². The first-order chi connectivity index (χ1) is 12.6. The fourth-order valence-electron chi connectivity index (χ4n) is 3.26. The predicted molar refractivity (Wildman–Crippen MR) is 107 cm³/mol. The minimum absolute atomic E-state index is 0.0485. The maximum absolute atomic E-state index is 12.6. The Labute approximate surface area is 158 Å². The minimum atomic E-state index is -0.184. The zero-order valence-electron chi connectivity index (χ0n) is 15.0. The Balaban J connectivity index is 1.57. The molecule has 2 amide bonds. The molecule has 1 fully saturated rings. The molecule has 26 heavy (non-hydrogen) atoms. The molecular weight excluding hydrogens is 344 g/mol. The highest BCUT2D eigenvalue weighted by Gasteiger charge is 2.22. The van der Waals surface area contributed by atoms with Crippen LogP contribution in [0.5, 0.6) is 0 Å². The lowest BCUT2D eigenvalue weighted by molar-refractivity contribution is -0.111. The third kappa shape index (κ3) is 4.82. The monoisotopic (exact) mass is 368 g/mol. The molecular formula is C21H24N2O2S. The standard InChI is InChI=1S/C21H24N2O2S/c1-23(18-6-3-2-4-7-18)21(25)16-9-11-17(12-10-16)22-20(24)14-13-19-8-5-15-26-19/h5,8-15,18H,2-4,6-7H2,1H3,(H,22,24)/b14-13+. The number of carbonyl (C=O) groups is 2. The molecule has 3 rings (SSSR count). The van der Waals surface area contributed by atoms with Gasteiger partial charge in [0.2, 0.25) is 5.91 Å². The lowest BCUT2D eigenvalue weighted by atomic mass is 9.94. The first kappa shape index (κ1) is 18.4. The van der Waals surface area contributed by atoms with E-state index in [4.69, 9.17) is 0 Å². The van der Waals surface area contributed by atoms with Crippen molar-refractivity contribution in [3.63, 3.8) is 0 Å². The molecule has 136 valence electrons. The van der Waals surface area contributed by atoms with Crippen molar-refractivity contribution in [1.29, 1.82) is 0 Å². The van der Waals surface area contributed by atoms with Gasteiger partial charge in [0.05, 0.1) is 0 Å². The Morgan fingerprint density at radius 1 is 1.12 bits per heavy atom. The molecule has 1 aromatic carbocycles. The molecule has 1 saturated carbocycles. The number of thiophene rings is 1. The molecule has 0 unspecified atom stereocenters. The largest absolute Gasteiger partial charge is 0.339 e. The highest BCUT2D eigenvalue weighted by atomic mass is 32.1. The maximum atomic E-state index is 12.6. The summed E-state index contributed by atoms with van der Waals surface area (Å²) in [5, 5.41) is 4.79. The lowest BCUT2D eigenvalue weighted by Gasteiger charge is -2.31. The third-order valence-corrected chi connectivity index (χ3v) is 5.62. The van der Waals surface area contributed by atoms with Crippen LogP contribution in [0.4, 0.5) is 5.69 Å². The summed E-state index contributed by atoms with van der Waals surface area (Å²) < 4.78 is 0. The van der Waals surface area contributed by atoms with Gasteiger partial charge in [-0.2, -0.15) is 0 Å². The summed E-state index contributed by atoms with van der Waals surface area (Å²) in [4.78, 5) is 27.5. The molecule has 1 aliphatic carbocycles. The van der Waals surface area contributed by atoms with Crippen LogP contribution < -0.4 is 5.32 Å². The number of carbonyl (C=O) groups excluding carboxylic acids is 2. The molecule has 1 heterocycles. The predicted octanol–water partition coefficient (Wildman–Crippen LogP) is 4.80. The number of nitrogens with one attached hydrogen (secondary N) is 1. The van der Waals surface area contributed by atoms with E-state index in [1.165, 1.54) is 25.3 Å². The summed E-state index contributed by atoms with van der Waals surface area (Å²) in [5.74, 6) is -0.135. The van der Waals surface area contributed by atoms with Crippen molar-refractivity contribution in [2.24, 2.45) is 0 Å². The molecule has 0 radical (unpaired) electrons. The molecule has 1 aromatic heterocycles. The van der Waals surface area contributed by atoms with Gasteiger partial charge in [-0.05, 0) is 54.6 Å². The second-order valence-corrected chi connectivity index (χ2v) is 7.60. The van der Waals surface area contributed by atoms with Crippen LogP contribution in [-0.4, -0.2) is 29.8 Å². The molecule has 5 heteroatoms. The van der Waals surface area contributed by atoms with Gasteiger partial charge in [-0.1, -0.05) is 25.3 Å². The normalized spacial score (nSPS) is 15.1. The number of hydrogen-bond acceptors (Lipinski definition) is 3. The van der Waals surface area contributed by atoms with Crippen molar-refractivity contribution in [3.05, 3.63) is 58.3 Å². The van der Waals surface area contributed by atoms with Gasteiger partial charge in [-0.15, -0.1) is 11.3 Å². The first-order valence-electron chi connectivity index (χ1n) is 9.03. The van der Waals surface area contributed by atoms with E-state index in [2.05, 4.69) is 5.32 Å². The molecule has 0 aliphatic heterocycles. The number of benzene rings is 1. The molecule has 4 nitrogen and oxygen atoms in total. The highest BCUT2D eigenvalue weighted by Crippen LogP contribution is 2.23. The van der Waals surface area contributed by atoms with Crippen molar-refractivity contribution in [3.8, 4) is 0 Å². The Hall–Kier alpha value is -2.40. The third-order valence-electron chi connectivity index (χ3n) is 4.78. The van der Waals surface area contributed by atoms with Gasteiger partial charge in [0.25, 0.3) is 5.91 Å². The smallest absolute Gasteiger partial charge is 0.253 e. The van der Waals surface area contributed by atoms with E-state index in [0.29, 0.717) is 17.3 Å². The van der Waals surface area contributed by atoms with E-state index in [-0.39, 0.29) is 11.8 Å². The van der Waals surface area contributed by atoms with Gasteiger partial charge in [0, 0.05) is 35.3 Å². The van der Waals surface area contributed by atoms with E-state index in [1.807, 2.05) is 29.5 Å². The van der Waals surface area contributed by atoms with Crippen molar-refractivity contribution < 1.29 is 9.59 Å². The number of anilines is 1. The van der Waals surface area contributed by atoms with E-state index in [9.17, 15) is 9.59 Å². The van der Waals surface area contributed by atoms with Gasteiger partial charge < -0.3 is 10.2 Å². The Morgan fingerprint density at radius 2 is 1.85 bits per heavy atom. The molecule has 1 N–H and O–H groups in total. The SMILES string of the molecule is CN(C(=O)c1ccc(NC(=O)/C=C/c2cccs2)cc1)C1CCCCC1. The maximum Gasteiger partial charge on any atom is 0.253 e. The van der Waals surface area contributed by atoms with Gasteiger partial charge in [-0.25, -0.2) is 0 Å². The molecule has 0 saturated heterocycles. The topological polar surface area (TPSA) is 49.4 Å². The van der Waals surface area contributed by atoms with Gasteiger partial charge >= 0.3 is 0 Å². The van der Waals surface area contributed by atoms with Crippen LogP contribution in [0.25, 0.3) is 6.08 Å². The quantitative estimate of drug-likeness (QED) is 0.770. The Bertz CT molecular complexity index is 760. The van der Waals surface area contributed by atoms with Crippen molar-refractivity contribution >= 4 is 34.9 Å². The molecule has 1 aliphatic rings. The zero-order valence-corrected chi connectivity index (χ0v) is 15.8. The number of hydrogen-bond donors (Lipinski definition) is 1. The second-order valence-electron chi connectivity index (χ2n) is 6.62. The molecule has 2 aromatic rings. The molecule has 0 bridgehead atoms. The second kappa shape index (κ2) is 8.81. The van der Waals surface area contributed by atoms with Crippen molar-refractivity contribution in [2.45, 2.75) is 38.1 Å². The van der Waals surface area contributed by atoms with Crippen LogP contribution in [0.2, 0.25) is 0 Å². The summed E-state index contributed by atoms with van der Waals surface area (Å²) >= 11 is 1.58. The van der Waals surface area contributed by atoms with Gasteiger partial charge in [-0.3, -0.25) is 9.59 Å². The lowest BCUT2D eigenvalue weighted by Crippen LogP contribution is -2.38. The number of nitrogens with zero attached hydrogens (tertiary/aromatic N) is 1. The van der Waals surface area contributed by atoms with Crippen LogP contribution in [0.3, 0.4) is 0 Å². The van der Waals surface area contributed by atoms with Crippen LogP contribution in [0.1, 0.15) is 47.3 Å². The average molecular weight is 369 g/mol. The summed E-state index contributed by atoms with van der Waals surface area (Å²) in [5.41, 5.74) is 1.34. The van der Waals surface area contributed by atoms with E-state index in [0.717, 1.165) is 17.7 Å². The number of amides is 2. The summed E-state index contributed by atoms with van der Waals surface area (Å²) in [6.07, 6.45) is 9.16. The Kier molecular flexibility index (Phi) is 6.23. The number of rotatable bonds is 5. The van der Waals surface area contributed by atoms with Crippen LogP contribution in [-0.2, 0) is 4.79 Å². The summed E-state index contributed by atoms with van der Waals surface area (Å²) in [6.45, 7) is 0. The fourth-order valence-corrected chi connectivity index (χ4v) is 3.88. The summed E-state index contributed by atoms with van der Waals surface area (Å²) in [7, 11) is 1.89. The van der Waals surface area contributed by atoms with E-state index >= 15 is 0 Å². The van der Waals surface area contributed by atoms with Gasteiger partial charge in [0.15, 0.2) is 0 Å². The van der Waals surface area contributed by atoms with Crippen LogP contribution >= 0.6 is 11.3 Å². The molecule has 0 atom stereocenters. The molecule has 0 spiro atoms. The fraction of sp³-hybridized carbons (Fsp3) is 0.333. The van der Waals surface area contributed by atoms with Gasteiger partial charge in [0.1, 0.15) is 0 Å². The minimum Gasteiger partial charge on any atom is -0.339 e. The van der Waals surface area contributed by atoms with Crippen molar-refractivity contribution in [2.75, 3.05) is 12.4 Å². The van der Waals surface area contributed by atoms with Crippen LogP contribution in [0.15, 0.2) is 47.9 Å². The van der Waals surface area contributed by atoms with E-state index < -0.39 is 0 Å². The Morgan fingerprint density at radius 3 is 2.50 bits per heavy atom. The van der Waals surface area contributed by atoms with Crippen molar-refractivity contribution in [1.82, 2.24) is 4.90 Å². The average Bonchev–Trinajstić information content (AvgIpc) is 3.20. The van der Waals surface area contributed by atoms with E-state index in [1.54, 1.807) is 41.7 Å². The zero-order chi connectivity index (χ0) is 18.4. The highest BCUT2D eigenvalue weighted by molar-refractivity contribution is 7.10. The first-order valence-corrected chi connectivity index (χ1v) is 9.91. The summed E-state index contributed by atoms with van der Waals surface area (Å²) in [6, 6.07) is 11.4.